The van der Waals surface area contributed by atoms with Crippen molar-refractivity contribution in [2.75, 3.05) is 16.8 Å². The Bertz CT molecular complexity index is 2150. The molecule has 4 heterocycles. The number of nitrogens with one attached hydrogen (secondary N) is 1. The number of nitro groups is 1. The van der Waals surface area contributed by atoms with E-state index in [1.165, 1.54) is 35.2 Å². The number of fused-ring (bicyclic) bond motifs is 2. The molecule has 18 nitrogen and oxygen atoms in total. The number of non-ortho nitro benzene ring substituents is 1. The first-order chi connectivity index (χ1) is 27.5. The number of rotatable bonds is 12. The highest BCUT2D eigenvalue weighted by atomic mass is 28.4. The predicted octanol–water partition coefficient (Wildman–Crippen LogP) is 1.48. The lowest BCUT2D eigenvalue weighted by Crippen LogP contribution is -2.60. The molecular weight excluding hydrogens is 773 g/mol. The van der Waals surface area contributed by atoms with E-state index in [-0.39, 0.29) is 30.4 Å². The molecule has 1 spiro atoms. The minimum Gasteiger partial charge on any atom is -0.432 e. The van der Waals surface area contributed by atoms with E-state index in [1.54, 1.807) is 36.1 Å². The molecule has 19 heteroatoms. The number of amides is 2. The number of anilines is 2. The molecule has 3 aromatic carbocycles. The number of nitrogens with zero attached hydrogens (tertiary/aromatic N) is 5. The van der Waals surface area contributed by atoms with Crippen LogP contribution in [0.1, 0.15) is 41.6 Å². The Labute approximate surface area is 333 Å². The van der Waals surface area contributed by atoms with E-state index < -0.39 is 78.9 Å². The van der Waals surface area contributed by atoms with Gasteiger partial charge in [-0.15, -0.1) is 5.10 Å². The lowest BCUT2D eigenvalue weighted by atomic mass is 9.82. The summed E-state index contributed by atoms with van der Waals surface area (Å²) in [5.41, 5.74) is 0.723. The third-order valence-electron chi connectivity index (χ3n) is 11.5. The van der Waals surface area contributed by atoms with Crippen LogP contribution in [0.3, 0.4) is 0 Å². The molecule has 2 fully saturated rings. The number of aliphatic hydroxyl groups excluding tert-OH is 5. The quantitative estimate of drug-likeness (QED) is 0.0607. The number of aromatic nitrogens is 3. The number of aryl methyl sites for hydroxylation is 1. The average Bonchev–Trinajstić information content (AvgIpc) is 3.85. The molecule has 0 saturated carbocycles. The van der Waals surface area contributed by atoms with Gasteiger partial charge in [0.2, 0.25) is 0 Å². The zero-order valence-electron chi connectivity index (χ0n) is 31.9. The van der Waals surface area contributed by atoms with Gasteiger partial charge in [-0.05, 0) is 48.8 Å². The van der Waals surface area contributed by atoms with Crippen LogP contribution in [0.4, 0.5) is 17.1 Å². The van der Waals surface area contributed by atoms with Crippen LogP contribution in [0.25, 0.3) is 0 Å². The Morgan fingerprint density at radius 1 is 1.03 bits per heavy atom. The maximum Gasteiger partial charge on any atom is 0.269 e. The number of aliphatic hydroxyl groups is 5. The zero-order chi connectivity index (χ0) is 41.7. The Morgan fingerprint density at radius 3 is 2.40 bits per heavy atom. The number of carbonyl (C=O) groups excluding carboxylic acids is 2. The average molecular weight is 819 g/mol. The molecule has 0 aliphatic carbocycles. The van der Waals surface area contributed by atoms with Gasteiger partial charge in [0, 0.05) is 47.6 Å². The van der Waals surface area contributed by atoms with E-state index >= 15 is 0 Å². The number of carbonyl (C=O) groups is 2. The smallest absolute Gasteiger partial charge is 0.269 e. The second-order valence-corrected chi connectivity index (χ2v) is 19.6. The minimum absolute atomic E-state index is 0.0148. The van der Waals surface area contributed by atoms with E-state index in [4.69, 9.17) is 9.47 Å². The second kappa shape index (κ2) is 16.0. The van der Waals surface area contributed by atoms with Crippen molar-refractivity contribution in [2.45, 2.75) is 93.4 Å². The van der Waals surface area contributed by atoms with Gasteiger partial charge < -0.3 is 50.0 Å². The topological polar surface area (TPSA) is 263 Å². The van der Waals surface area contributed by atoms with Crippen molar-refractivity contribution in [1.29, 1.82) is 0 Å². The summed E-state index contributed by atoms with van der Waals surface area (Å²) >= 11 is 0. The van der Waals surface area contributed by atoms with Gasteiger partial charge in [0.25, 0.3) is 17.5 Å². The number of nitro benzene ring substituents is 1. The summed E-state index contributed by atoms with van der Waals surface area (Å²) in [6, 6.07) is 20.0. The fraction of sp³-hybridized carbons (Fsp3) is 0.436. The highest BCUT2D eigenvalue weighted by Crippen LogP contribution is 2.60. The van der Waals surface area contributed by atoms with E-state index in [2.05, 4.69) is 15.6 Å². The largest absolute Gasteiger partial charge is 0.432 e. The molecule has 3 aliphatic heterocycles. The first-order valence-corrected chi connectivity index (χ1v) is 21.9. The summed E-state index contributed by atoms with van der Waals surface area (Å²) in [4.78, 5) is 52.5. The van der Waals surface area contributed by atoms with Gasteiger partial charge in [-0.25, -0.2) is 0 Å². The summed E-state index contributed by atoms with van der Waals surface area (Å²) in [6.45, 7) is 5.55. The molecule has 10 atom stereocenters. The molecule has 4 aromatic rings. The maximum absolute atomic E-state index is 14.9. The Kier molecular flexibility index (Phi) is 11.4. The molecule has 0 bridgehead atoms. The number of ether oxygens (including phenoxy) is 2. The van der Waals surface area contributed by atoms with Crippen LogP contribution in [-0.2, 0) is 37.8 Å². The second-order valence-electron chi connectivity index (χ2n) is 15.7. The molecular formula is C39H46N6O12Si. The van der Waals surface area contributed by atoms with Crippen LogP contribution in [0, 0.1) is 16.0 Å². The van der Waals surface area contributed by atoms with Gasteiger partial charge >= 0.3 is 0 Å². The summed E-state index contributed by atoms with van der Waals surface area (Å²) in [6.07, 6.45) is -7.55. The first-order valence-electron chi connectivity index (χ1n) is 18.9. The zero-order valence-corrected chi connectivity index (χ0v) is 32.9. The molecule has 58 heavy (non-hydrogen) atoms. The monoisotopic (exact) mass is 818 g/mol. The molecule has 7 rings (SSSR count). The van der Waals surface area contributed by atoms with Crippen LogP contribution in [-0.4, -0.2) is 114 Å². The minimum atomic E-state index is -3.08. The number of hydrogen-bond donors (Lipinski definition) is 7. The van der Waals surface area contributed by atoms with Crippen molar-refractivity contribution in [3.63, 3.8) is 0 Å². The Morgan fingerprint density at radius 2 is 1.74 bits per heavy atom. The van der Waals surface area contributed by atoms with Crippen LogP contribution in [0.15, 0.2) is 79.0 Å². The normalized spacial score (nSPS) is 28.8. The molecule has 2 amide bonds. The van der Waals surface area contributed by atoms with Gasteiger partial charge in [0.1, 0.15) is 18.3 Å². The number of hydrogen-bond acceptors (Lipinski definition) is 14. The van der Waals surface area contributed by atoms with Gasteiger partial charge in [-0.3, -0.25) is 24.4 Å². The lowest BCUT2D eigenvalue weighted by molar-refractivity contribution is -0.385. The molecule has 3 aliphatic rings. The maximum atomic E-state index is 14.9. The van der Waals surface area contributed by atoms with E-state index in [9.17, 15) is 50.0 Å². The summed E-state index contributed by atoms with van der Waals surface area (Å²) in [7, 11) is -3.08. The van der Waals surface area contributed by atoms with Gasteiger partial charge in [0.05, 0.1) is 41.5 Å². The Hall–Kier alpha value is -4.96. The molecule has 1 aromatic heterocycles. The van der Waals surface area contributed by atoms with E-state index in [0.29, 0.717) is 35.5 Å². The summed E-state index contributed by atoms with van der Waals surface area (Å²) in [5, 5.41) is 73.1. The van der Waals surface area contributed by atoms with Crippen molar-refractivity contribution in [1.82, 2.24) is 15.0 Å². The SMILES string of the molecule is C[C@H]1[C@H]([Si](C)(C)O)[C@@H](CCn2cc(C(CO)c3ccccc3)nn2)O[C@]12C(=O)N(Cc1ccc(NC(=O)[C@H]3O[C@@H](O)[C@H](O)[C@@H](O)[C@@H]3O)cc1)c1ccc([N+](=O)[O-])cc12. The molecule has 2 saturated heterocycles. The van der Waals surface area contributed by atoms with Crippen molar-refractivity contribution >= 4 is 37.2 Å². The third kappa shape index (κ3) is 7.44. The molecule has 1 unspecified atom stereocenters. The summed E-state index contributed by atoms with van der Waals surface area (Å²) < 4.78 is 13.5. The molecule has 308 valence electrons. The van der Waals surface area contributed by atoms with Gasteiger partial charge in [-0.1, -0.05) is 54.6 Å². The van der Waals surface area contributed by atoms with Gasteiger partial charge in [-0.2, -0.15) is 0 Å². The summed E-state index contributed by atoms with van der Waals surface area (Å²) in [5.74, 6) is -2.31. The van der Waals surface area contributed by atoms with Crippen LogP contribution in [0.5, 0.6) is 0 Å². The lowest BCUT2D eigenvalue weighted by Gasteiger charge is -2.37. The Balaban J connectivity index is 1.13. The van der Waals surface area contributed by atoms with E-state index in [1.807, 2.05) is 37.3 Å². The predicted molar refractivity (Wildman–Crippen MR) is 207 cm³/mol. The third-order valence-corrected chi connectivity index (χ3v) is 14.0. The van der Waals surface area contributed by atoms with Crippen molar-refractivity contribution in [3.8, 4) is 0 Å². The highest BCUT2D eigenvalue weighted by Gasteiger charge is 2.66. The molecule has 0 radical (unpaired) electrons. The van der Waals surface area contributed by atoms with E-state index in [0.717, 1.165) is 5.56 Å². The van der Waals surface area contributed by atoms with Gasteiger partial charge in [0.15, 0.2) is 26.3 Å². The van der Waals surface area contributed by atoms with Crippen molar-refractivity contribution in [2.24, 2.45) is 5.92 Å². The highest BCUT2D eigenvalue weighted by molar-refractivity contribution is 6.71. The fourth-order valence-electron chi connectivity index (χ4n) is 8.67. The molecule has 7 N–H and O–H groups in total. The van der Waals surface area contributed by atoms with Crippen LogP contribution >= 0.6 is 0 Å². The standard InChI is InChI=1S/C39H46N6O12Si/c1-21-35(58(2,3)55)30(15-16-43-19-28(41-42-43)26(20-46)23-7-5-4-6-8-23)57-39(21)27-17-25(45(53)54)13-14-29(27)44(38(39)52)18-22-9-11-24(12-10-22)40-36(50)34-32(48)31(47)33(49)37(51)56-34/h4-14,17,19,21,26,30-35,37,46-49,51,55H,15-16,18,20H2,1-3H3,(H,40,50)/t21-,26?,30+,31-,32-,33+,34-,35-,37+,39+/m0/s1. The van der Waals surface area contributed by atoms with Crippen molar-refractivity contribution < 1.29 is 54.3 Å². The van der Waals surface area contributed by atoms with Crippen LogP contribution < -0.4 is 10.2 Å². The number of benzene rings is 3. The fourth-order valence-corrected chi connectivity index (χ4v) is 11.3. The van der Waals surface area contributed by atoms with Crippen LogP contribution in [0.2, 0.25) is 18.6 Å². The van der Waals surface area contributed by atoms with Crippen molar-refractivity contribution in [3.05, 3.63) is 111 Å². The first kappa shape index (κ1) is 41.2.